The molecule has 0 aliphatic heterocycles. The molecule has 7 nitrogen and oxygen atoms in total. The number of carbonyl (C=O) groups excluding carboxylic acids is 1. The molecular formula is C23H28N4O3S. The Morgan fingerprint density at radius 3 is 2.39 bits per heavy atom. The Bertz CT molecular complexity index is 1150. The number of sulfonamides is 1. The van der Waals surface area contributed by atoms with Gasteiger partial charge in [-0.2, -0.15) is 0 Å². The normalized spacial score (nSPS) is 11.5. The Balaban J connectivity index is 1.74. The maximum absolute atomic E-state index is 12.7. The Morgan fingerprint density at radius 1 is 1.13 bits per heavy atom. The Labute approximate surface area is 183 Å². The summed E-state index contributed by atoms with van der Waals surface area (Å²) in [5.74, 6) is 0.797. The molecule has 0 radical (unpaired) electrons. The molecule has 1 amide bonds. The largest absolute Gasteiger partial charge is 0.350 e. The monoisotopic (exact) mass is 440 g/mol. The molecule has 1 N–H and O–H groups in total. The highest BCUT2D eigenvalue weighted by Crippen LogP contribution is 2.22. The molecule has 1 heterocycles. The number of carbonyl (C=O) groups is 1. The van der Waals surface area contributed by atoms with Crippen molar-refractivity contribution in [3.63, 3.8) is 0 Å². The predicted octanol–water partition coefficient (Wildman–Crippen LogP) is 3.39. The van der Waals surface area contributed by atoms with Crippen LogP contribution in [0.3, 0.4) is 0 Å². The molecule has 0 fully saturated rings. The van der Waals surface area contributed by atoms with Crippen molar-refractivity contribution in [1.29, 1.82) is 0 Å². The van der Waals surface area contributed by atoms with Gasteiger partial charge in [0.25, 0.3) is 0 Å². The highest BCUT2D eigenvalue weighted by atomic mass is 32.2. The average molecular weight is 441 g/mol. The second-order valence-corrected chi connectivity index (χ2v) is 9.67. The van der Waals surface area contributed by atoms with Crippen LogP contribution in [-0.4, -0.2) is 36.7 Å². The van der Waals surface area contributed by atoms with Crippen molar-refractivity contribution in [3.8, 4) is 5.69 Å². The van der Waals surface area contributed by atoms with Crippen molar-refractivity contribution in [3.05, 3.63) is 77.9 Å². The molecular weight excluding hydrogens is 412 g/mol. The van der Waals surface area contributed by atoms with Crippen molar-refractivity contribution < 1.29 is 13.2 Å². The lowest BCUT2D eigenvalue weighted by Crippen LogP contribution is -2.40. The molecule has 0 saturated heterocycles. The summed E-state index contributed by atoms with van der Waals surface area (Å²) >= 11 is 0. The first kappa shape index (κ1) is 22.6. The van der Waals surface area contributed by atoms with Crippen LogP contribution >= 0.6 is 0 Å². The lowest BCUT2D eigenvalue weighted by molar-refractivity contribution is -0.119. The van der Waals surface area contributed by atoms with Crippen molar-refractivity contribution in [1.82, 2.24) is 14.9 Å². The maximum Gasteiger partial charge on any atom is 0.241 e. The molecule has 2 aromatic carbocycles. The number of benzene rings is 2. The van der Waals surface area contributed by atoms with E-state index in [1.165, 1.54) is 0 Å². The lowest BCUT2D eigenvalue weighted by atomic mass is 10.0. The molecule has 3 rings (SSSR count). The minimum absolute atomic E-state index is 0.274. The molecule has 3 aromatic rings. The Morgan fingerprint density at radius 2 is 1.81 bits per heavy atom. The van der Waals surface area contributed by atoms with Crippen molar-refractivity contribution in [2.45, 2.75) is 33.2 Å². The molecule has 1 aromatic heterocycles. The predicted molar refractivity (Wildman–Crippen MR) is 123 cm³/mol. The SMILES string of the molecule is Cc1nccn1-c1ccccc1CNC(=O)CN(c1ccc(C(C)C)cc1)S(C)(=O)=O. The van der Waals surface area contributed by atoms with E-state index in [2.05, 4.69) is 24.1 Å². The van der Waals surface area contributed by atoms with Crippen LogP contribution in [0.2, 0.25) is 0 Å². The number of anilines is 1. The number of imidazole rings is 1. The molecule has 0 atom stereocenters. The third kappa shape index (κ3) is 5.52. The van der Waals surface area contributed by atoms with Gasteiger partial charge in [-0.15, -0.1) is 0 Å². The van der Waals surface area contributed by atoms with Crippen LogP contribution in [0, 0.1) is 6.92 Å². The standard InChI is InChI=1S/C23H28N4O3S/c1-17(2)19-9-11-21(12-10-19)27(31(4,29)30)16-23(28)25-15-20-7-5-6-8-22(20)26-14-13-24-18(26)3/h5-14,17H,15-16H2,1-4H3,(H,25,28). The summed E-state index contributed by atoms with van der Waals surface area (Å²) in [5, 5.41) is 2.84. The van der Waals surface area contributed by atoms with Crippen LogP contribution in [0.1, 0.15) is 36.7 Å². The molecule has 0 bridgehead atoms. The fraction of sp³-hybridized carbons (Fsp3) is 0.304. The first-order valence-corrected chi connectivity index (χ1v) is 11.9. The summed E-state index contributed by atoms with van der Waals surface area (Å²) in [5.41, 5.74) is 3.40. The number of rotatable bonds is 8. The van der Waals surface area contributed by atoms with Gasteiger partial charge in [0, 0.05) is 18.9 Å². The van der Waals surface area contributed by atoms with E-state index >= 15 is 0 Å². The summed E-state index contributed by atoms with van der Waals surface area (Å²) < 4.78 is 27.8. The first-order valence-electron chi connectivity index (χ1n) is 10.1. The molecule has 0 unspecified atom stereocenters. The van der Waals surface area contributed by atoms with E-state index in [0.717, 1.165) is 33.2 Å². The van der Waals surface area contributed by atoms with Crippen molar-refractivity contribution in [2.75, 3.05) is 17.1 Å². The number of aromatic nitrogens is 2. The Kier molecular flexibility index (Phi) is 6.80. The van der Waals surface area contributed by atoms with E-state index in [1.54, 1.807) is 18.3 Å². The fourth-order valence-electron chi connectivity index (χ4n) is 3.33. The Hall–Kier alpha value is -3.13. The van der Waals surface area contributed by atoms with Crippen LogP contribution in [-0.2, 0) is 21.4 Å². The molecule has 0 aliphatic carbocycles. The van der Waals surface area contributed by atoms with Crippen LogP contribution in [0.25, 0.3) is 5.69 Å². The fourth-order valence-corrected chi connectivity index (χ4v) is 4.19. The minimum Gasteiger partial charge on any atom is -0.350 e. The summed E-state index contributed by atoms with van der Waals surface area (Å²) in [6.07, 6.45) is 4.69. The average Bonchev–Trinajstić information content (AvgIpc) is 3.15. The molecule has 8 heteroatoms. The lowest BCUT2D eigenvalue weighted by Gasteiger charge is -2.22. The van der Waals surface area contributed by atoms with Crippen LogP contribution in [0.4, 0.5) is 5.69 Å². The zero-order valence-corrected chi connectivity index (χ0v) is 19.1. The van der Waals surface area contributed by atoms with Gasteiger partial charge in [0.1, 0.15) is 12.4 Å². The van der Waals surface area contributed by atoms with Gasteiger partial charge < -0.3 is 9.88 Å². The third-order valence-corrected chi connectivity index (χ3v) is 6.23. The highest BCUT2D eigenvalue weighted by Gasteiger charge is 2.21. The zero-order chi connectivity index (χ0) is 22.6. The number of para-hydroxylation sites is 1. The number of aryl methyl sites for hydroxylation is 1. The first-order chi connectivity index (χ1) is 14.7. The van der Waals surface area contributed by atoms with Gasteiger partial charge in [-0.1, -0.05) is 44.2 Å². The van der Waals surface area contributed by atoms with Gasteiger partial charge in [0.05, 0.1) is 17.6 Å². The van der Waals surface area contributed by atoms with E-state index in [1.807, 2.05) is 54.1 Å². The van der Waals surface area contributed by atoms with E-state index in [0.29, 0.717) is 11.6 Å². The van der Waals surface area contributed by atoms with Gasteiger partial charge in [-0.3, -0.25) is 9.10 Å². The number of hydrogen-bond donors (Lipinski definition) is 1. The highest BCUT2D eigenvalue weighted by molar-refractivity contribution is 7.92. The number of amides is 1. The van der Waals surface area contributed by atoms with E-state index < -0.39 is 10.0 Å². The van der Waals surface area contributed by atoms with Gasteiger partial charge in [0.15, 0.2) is 0 Å². The molecule has 164 valence electrons. The minimum atomic E-state index is -3.62. The van der Waals surface area contributed by atoms with Gasteiger partial charge in [-0.05, 0) is 42.2 Å². The van der Waals surface area contributed by atoms with Crippen molar-refractivity contribution in [2.24, 2.45) is 0 Å². The summed E-state index contributed by atoms with van der Waals surface area (Å²) in [6, 6.07) is 15.0. The van der Waals surface area contributed by atoms with E-state index in [-0.39, 0.29) is 19.0 Å². The van der Waals surface area contributed by atoms with E-state index in [9.17, 15) is 13.2 Å². The summed E-state index contributed by atoms with van der Waals surface area (Å²) in [6.45, 7) is 6.03. The number of nitrogens with one attached hydrogen (secondary N) is 1. The molecule has 0 spiro atoms. The quantitative estimate of drug-likeness (QED) is 0.582. The number of nitrogens with zero attached hydrogens (tertiary/aromatic N) is 3. The number of hydrogen-bond acceptors (Lipinski definition) is 4. The second-order valence-electron chi connectivity index (χ2n) is 7.77. The molecule has 31 heavy (non-hydrogen) atoms. The van der Waals surface area contributed by atoms with E-state index in [4.69, 9.17) is 0 Å². The van der Waals surface area contributed by atoms with Crippen LogP contribution < -0.4 is 9.62 Å². The van der Waals surface area contributed by atoms with Crippen molar-refractivity contribution >= 4 is 21.6 Å². The van der Waals surface area contributed by atoms with Gasteiger partial charge in [-0.25, -0.2) is 13.4 Å². The smallest absolute Gasteiger partial charge is 0.241 e. The second kappa shape index (κ2) is 9.34. The summed E-state index contributed by atoms with van der Waals surface area (Å²) in [4.78, 5) is 16.9. The third-order valence-electron chi connectivity index (χ3n) is 5.09. The maximum atomic E-state index is 12.7. The zero-order valence-electron chi connectivity index (χ0n) is 18.2. The van der Waals surface area contributed by atoms with Gasteiger partial charge >= 0.3 is 0 Å². The molecule has 0 saturated carbocycles. The van der Waals surface area contributed by atoms with Crippen LogP contribution in [0.15, 0.2) is 60.9 Å². The topological polar surface area (TPSA) is 84.3 Å². The molecule has 0 aliphatic rings. The van der Waals surface area contributed by atoms with Crippen LogP contribution in [0.5, 0.6) is 0 Å². The summed E-state index contributed by atoms with van der Waals surface area (Å²) in [7, 11) is -3.62. The van der Waals surface area contributed by atoms with Gasteiger partial charge in [0.2, 0.25) is 15.9 Å².